The van der Waals surface area contributed by atoms with Gasteiger partial charge in [-0.25, -0.2) is 9.78 Å². The molecular weight excluding hydrogens is 499 g/mol. The second kappa shape index (κ2) is 12.3. The standard InChI is InChI=1S/C23H26Cl2N4O4S/c1-33-23(32)17(11-16-12-26-13-27-16)28-22(31)15-7-9-29(10-8-15)19(30)6-4-14-3-5-18(34-2)21(25)20(14)24/h3-6,12-13,15,17H,7-11H2,1-2H3,(H,26,27)(H,28,31). The number of hydrogen-bond acceptors (Lipinski definition) is 6. The molecule has 1 unspecified atom stereocenters. The molecule has 0 saturated carbocycles. The maximum atomic E-state index is 12.8. The number of rotatable bonds is 8. The van der Waals surface area contributed by atoms with E-state index >= 15 is 0 Å². The first-order valence-corrected chi connectivity index (χ1v) is 12.7. The SMILES string of the molecule is COC(=O)C(Cc1cnc[nH]1)NC(=O)C1CCN(C(=O)C=Cc2ccc(SC)c(Cl)c2Cl)CC1. The Kier molecular flexibility index (Phi) is 9.44. The number of aromatic nitrogens is 2. The van der Waals surface area contributed by atoms with Gasteiger partial charge < -0.3 is 19.9 Å². The normalized spacial score (nSPS) is 15.4. The van der Waals surface area contributed by atoms with Crippen LogP contribution in [0, 0.1) is 5.92 Å². The number of halogens is 2. The van der Waals surface area contributed by atoms with Gasteiger partial charge in [-0.05, 0) is 36.8 Å². The summed E-state index contributed by atoms with van der Waals surface area (Å²) in [7, 11) is 1.28. The van der Waals surface area contributed by atoms with Gasteiger partial charge in [0.15, 0.2) is 0 Å². The Morgan fingerprint density at radius 2 is 2.03 bits per heavy atom. The number of piperidine rings is 1. The molecule has 1 aromatic carbocycles. The summed E-state index contributed by atoms with van der Waals surface area (Å²) in [6.07, 6.45) is 9.38. The van der Waals surface area contributed by atoms with Crippen LogP contribution in [0.2, 0.25) is 10.0 Å². The van der Waals surface area contributed by atoms with Gasteiger partial charge in [0.05, 0.1) is 23.5 Å². The Balaban J connectivity index is 1.54. The molecule has 1 aliphatic rings. The van der Waals surface area contributed by atoms with Crippen molar-refractivity contribution in [2.45, 2.75) is 30.2 Å². The number of benzene rings is 1. The number of hydrogen-bond donors (Lipinski definition) is 2. The van der Waals surface area contributed by atoms with Crippen LogP contribution in [-0.4, -0.2) is 65.1 Å². The molecule has 182 valence electrons. The molecule has 2 heterocycles. The highest BCUT2D eigenvalue weighted by atomic mass is 35.5. The zero-order valence-electron chi connectivity index (χ0n) is 18.8. The fraction of sp³-hybridized carbons (Fsp3) is 0.391. The van der Waals surface area contributed by atoms with Crippen molar-refractivity contribution in [3.63, 3.8) is 0 Å². The molecule has 1 aliphatic heterocycles. The maximum absolute atomic E-state index is 12.8. The molecule has 0 spiro atoms. The molecule has 3 rings (SSSR count). The fourth-order valence-electron chi connectivity index (χ4n) is 3.70. The Labute approximate surface area is 212 Å². The average molecular weight is 525 g/mol. The van der Waals surface area contributed by atoms with Gasteiger partial charge in [-0.15, -0.1) is 11.8 Å². The van der Waals surface area contributed by atoms with Crippen LogP contribution in [0.5, 0.6) is 0 Å². The number of nitrogens with one attached hydrogen (secondary N) is 2. The van der Waals surface area contributed by atoms with Crippen LogP contribution in [-0.2, 0) is 25.5 Å². The number of H-pyrrole nitrogens is 1. The molecule has 2 amide bonds. The van der Waals surface area contributed by atoms with Crippen LogP contribution in [0.3, 0.4) is 0 Å². The summed E-state index contributed by atoms with van der Waals surface area (Å²) in [4.78, 5) is 46.9. The minimum Gasteiger partial charge on any atom is -0.467 e. The molecule has 0 radical (unpaired) electrons. The largest absolute Gasteiger partial charge is 0.467 e. The van der Waals surface area contributed by atoms with Crippen LogP contribution >= 0.6 is 35.0 Å². The summed E-state index contributed by atoms with van der Waals surface area (Å²) < 4.78 is 4.82. The van der Waals surface area contributed by atoms with Crippen LogP contribution < -0.4 is 5.32 Å². The lowest BCUT2D eigenvalue weighted by Gasteiger charge is -2.31. The van der Waals surface area contributed by atoms with E-state index < -0.39 is 12.0 Å². The molecule has 1 saturated heterocycles. The van der Waals surface area contributed by atoms with Gasteiger partial charge in [0.1, 0.15) is 6.04 Å². The number of carbonyl (C=O) groups excluding carboxylic acids is 3. The van der Waals surface area contributed by atoms with Crippen LogP contribution in [0.4, 0.5) is 0 Å². The van der Waals surface area contributed by atoms with E-state index in [1.165, 1.54) is 31.3 Å². The topological polar surface area (TPSA) is 104 Å². The maximum Gasteiger partial charge on any atom is 0.328 e. The van der Waals surface area contributed by atoms with Crippen molar-refractivity contribution in [3.8, 4) is 0 Å². The predicted octanol–water partition coefficient (Wildman–Crippen LogP) is 3.59. The second-order valence-electron chi connectivity index (χ2n) is 7.78. The molecule has 1 atom stereocenters. The van der Waals surface area contributed by atoms with E-state index in [0.717, 1.165) is 4.90 Å². The third-order valence-electron chi connectivity index (χ3n) is 5.66. The third kappa shape index (κ3) is 6.55. The highest BCUT2D eigenvalue weighted by molar-refractivity contribution is 7.98. The Morgan fingerprint density at radius 1 is 1.29 bits per heavy atom. The monoisotopic (exact) mass is 524 g/mol. The lowest BCUT2D eigenvalue weighted by Crippen LogP contribution is -2.48. The zero-order chi connectivity index (χ0) is 24.7. The van der Waals surface area contributed by atoms with Gasteiger partial charge in [0.25, 0.3) is 0 Å². The van der Waals surface area contributed by atoms with E-state index in [2.05, 4.69) is 15.3 Å². The number of esters is 1. The number of imidazole rings is 1. The summed E-state index contributed by atoms with van der Waals surface area (Å²) in [6.45, 7) is 0.870. The molecule has 1 fully saturated rings. The minimum atomic E-state index is -0.811. The van der Waals surface area contributed by atoms with Gasteiger partial charge in [-0.2, -0.15) is 0 Å². The Hall–Kier alpha value is -2.49. The third-order valence-corrected chi connectivity index (χ3v) is 7.45. The van der Waals surface area contributed by atoms with Gasteiger partial charge in [-0.3, -0.25) is 9.59 Å². The van der Waals surface area contributed by atoms with Crippen molar-refractivity contribution in [2.75, 3.05) is 26.5 Å². The summed E-state index contributed by atoms with van der Waals surface area (Å²) in [6, 6.07) is 2.87. The fourth-order valence-corrected chi connectivity index (χ4v) is 4.88. The van der Waals surface area contributed by atoms with Gasteiger partial charge in [0, 0.05) is 48.3 Å². The summed E-state index contributed by atoms with van der Waals surface area (Å²) in [5.74, 6) is -1.21. The van der Waals surface area contributed by atoms with Gasteiger partial charge >= 0.3 is 5.97 Å². The average Bonchev–Trinajstić information content (AvgIpc) is 3.37. The molecular formula is C23H26Cl2N4O4S. The number of thioether (sulfide) groups is 1. The number of amides is 2. The van der Waals surface area contributed by atoms with Gasteiger partial charge in [0.2, 0.25) is 11.8 Å². The van der Waals surface area contributed by atoms with E-state index in [9.17, 15) is 14.4 Å². The lowest BCUT2D eigenvalue weighted by atomic mass is 9.95. The molecule has 0 bridgehead atoms. The molecule has 8 nitrogen and oxygen atoms in total. The van der Waals surface area contributed by atoms with Crippen molar-refractivity contribution in [1.29, 1.82) is 0 Å². The number of methoxy groups -OCH3 is 1. The van der Waals surface area contributed by atoms with E-state index in [4.69, 9.17) is 27.9 Å². The minimum absolute atomic E-state index is 0.160. The van der Waals surface area contributed by atoms with Crippen molar-refractivity contribution in [2.24, 2.45) is 5.92 Å². The quantitative estimate of drug-likeness (QED) is 0.310. The Morgan fingerprint density at radius 3 is 2.65 bits per heavy atom. The Bertz CT molecular complexity index is 1050. The zero-order valence-corrected chi connectivity index (χ0v) is 21.2. The number of aromatic amines is 1. The van der Waals surface area contributed by atoms with Crippen LogP contribution in [0.15, 0.2) is 35.6 Å². The first-order valence-electron chi connectivity index (χ1n) is 10.7. The number of ether oxygens (including phenoxy) is 1. The predicted molar refractivity (Wildman–Crippen MR) is 133 cm³/mol. The van der Waals surface area contributed by atoms with E-state index in [-0.39, 0.29) is 24.2 Å². The van der Waals surface area contributed by atoms with Crippen molar-refractivity contribution in [3.05, 3.63) is 52.0 Å². The molecule has 1 aromatic heterocycles. The number of likely N-dealkylation sites (tertiary alicyclic amines) is 1. The summed E-state index contributed by atoms with van der Waals surface area (Å²) >= 11 is 14.1. The highest BCUT2D eigenvalue weighted by Crippen LogP contribution is 2.35. The summed E-state index contributed by atoms with van der Waals surface area (Å²) in [5.41, 5.74) is 1.38. The lowest BCUT2D eigenvalue weighted by molar-refractivity contribution is -0.145. The van der Waals surface area contributed by atoms with Crippen molar-refractivity contribution in [1.82, 2.24) is 20.2 Å². The second-order valence-corrected chi connectivity index (χ2v) is 9.39. The molecule has 0 aliphatic carbocycles. The molecule has 34 heavy (non-hydrogen) atoms. The molecule has 2 N–H and O–H groups in total. The molecule has 11 heteroatoms. The number of carbonyl (C=O) groups is 3. The van der Waals surface area contributed by atoms with E-state index in [1.54, 1.807) is 17.2 Å². The van der Waals surface area contributed by atoms with E-state index in [0.29, 0.717) is 47.2 Å². The highest BCUT2D eigenvalue weighted by Gasteiger charge is 2.30. The first-order chi connectivity index (χ1) is 16.3. The van der Waals surface area contributed by atoms with Crippen LogP contribution in [0.25, 0.3) is 6.08 Å². The first kappa shape index (κ1) is 26.1. The smallest absolute Gasteiger partial charge is 0.328 e. The number of nitrogens with zero attached hydrogens (tertiary/aromatic N) is 2. The van der Waals surface area contributed by atoms with Gasteiger partial charge in [-0.1, -0.05) is 29.3 Å². The molecule has 2 aromatic rings. The van der Waals surface area contributed by atoms with E-state index in [1.807, 2.05) is 18.4 Å². The summed E-state index contributed by atoms with van der Waals surface area (Å²) in [5, 5.41) is 3.65. The van der Waals surface area contributed by atoms with Crippen molar-refractivity contribution >= 4 is 58.8 Å². The van der Waals surface area contributed by atoms with Crippen LogP contribution in [0.1, 0.15) is 24.1 Å². The van der Waals surface area contributed by atoms with Crippen molar-refractivity contribution < 1.29 is 19.1 Å².